The van der Waals surface area contributed by atoms with Crippen LogP contribution in [0.1, 0.15) is 10.4 Å². The van der Waals surface area contributed by atoms with E-state index in [2.05, 4.69) is 10.3 Å². The van der Waals surface area contributed by atoms with Crippen molar-refractivity contribution in [3.63, 3.8) is 0 Å². The third-order valence-electron chi connectivity index (χ3n) is 3.58. The molecule has 0 fully saturated rings. The molecule has 0 bridgehead atoms. The van der Waals surface area contributed by atoms with Crippen LogP contribution in [0.5, 0.6) is 11.5 Å². The molecule has 3 aromatic rings. The molecule has 2 aromatic carbocycles. The first kappa shape index (κ1) is 17.7. The molecule has 1 amide bonds. The highest BCUT2D eigenvalue weighted by Crippen LogP contribution is 2.28. The molecule has 0 spiro atoms. The minimum atomic E-state index is -0.576. The van der Waals surface area contributed by atoms with Crippen molar-refractivity contribution in [2.24, 2.45) is 0 Å². The Labute approximate surface area is 153 Å². The number of ether oxygens (including phenoxy) is 3. The fourth-order valence-electron chi connectivity index (χ4n) is 2.29. The highest BCUT2D eigenvalue weighted by molar-refractivity contribution is 7.16. The summed E-state index contributed by atoms with van der Waals surface area (Å²) in [6.45, 7) is -0.417. The number of fused-ring (bicyclic) bond motifs is 1. The Kier molecular flexibility index (Phi) is 5.33. The van der Waals surface area contributed by atoms with E-state index in [9.17, 15) is 9.59 Å². The van der Waals surface area contributed by atoms with E-state index in [0.717, 1.165) is 10.2 Å². The van der Waals surface area contributed by atoms with Crippen molar-refractivity contribution in [1.29, 1.82) is 0 Å². The van der Waals surface area contributed by atoms with E-state index in [1.165, 1.54) is 25.6 Å². The highest BCUT2D eigenvalue weighted by atomic mass is 32.1. The zero-order chi connectivity index (χ0) is 18.5. The Balaban J connectivity index is 1.62. The summed E-state index contributed by atoms with van der Waals surface area (Å²) < 4.78 is 16.3. The van der Waals surface area contributed by atoms with Gasteiger partial charge in [-0.25, -0.2) is 9.78 Å². The minimum Gasteiger partial charge on any atom is -0.497 e. The number of hydrogen-bond acceptors (Lipinski definition) is 7. The number of anilines is 1. The van der Waals surface area contributed by atoms with Crippen molar-refractivity contribution in [2.75, 3.05) is 26.1 Å². The Hall–Kier alpha value is -3.13. The van der Waals surface area contributed by atoms with Gasteiger partial charge < -0.3 is 19.5 Å². The molecule has 0 radical (unpaired) electrons. The maximum absolute atomic E-state index is 12.1. The first-order valence-corrected chi connectivity index (χ1v) is 8.51. The number of aromatic nitrogens is 1. The fourth-order valence-corrected chi connectivity index (χ4v) is 3.01. The molecule has 7 nitrogen and oxygen atoms in total. The van der Waals surface area contributed by atoms with Crippen molar-refractivity contribution < 1.29 is 23.8 Å². The Bertz CT molecular complexity index is 954. The van der Waals surface area contributed by atoms with E-state index in [1.54, 1.807) is 41.9 Å². The molecule has 134 valence electrons. The molecular formula is C18H16N2O5S. The van der Waals surface area contributed by atoms with Gasteiger partial charge in [0, 0.05) is 6.07 Å². The number of amides is 1. The average molecular weight is 372 g/mol. The van der Waals surface area contributed by atoms with Gasteiger partial charge in [-0.15, -0.1) is 11.3 Å². The van der Waals surface area contributed by atoms with E-state index in [1.807, 2.05) is 0 Å². The zero-order valence-electron chi connectivity index (χ0n) is 14.1. The van der Waals surface area contributed by atoms with Crippen LogP contribution in [0.4, 0.5) is 5.69 Å². The number of rotatable bonds is 6. The summed E-state index contributed by atoms with van der Waals surface area (Å²) in [4.78, 5) is 28.4. The lowest BCUT2D eigenvalue weighted by molar-refractivity contribution is -0.119. The molecule has 1 heterocycles. The van der Waals surface area contributed by atoms with Crippen LogP contribution >= 0.6 is 11.3 Å². The highest BCUT2D eigenvalue weighted by Gasteiger charge is 2.13. The number of carbonyl (C=O) groups excluding carboxylic acids is 2. The SMILES string of the molecule is COc1ccc(OC)c(NC(=O)COC(=O)c2ccc3ncsc3c2)c1. The van der Waals surface area contributed by atoms with Crippen molar-refractivity contribution in [3.8, 4) is 11.5 Å². The quantitative estimate of drug-likeness (QED) is 0.669. The number of carbonyl (C=O) groups is 2. The summed E-state index contributed by atoms with van der Waals surface area (Å²) in [6.07, 6.45) is 0. The van der Waals surface area contributed by atoms with Gasteiger partial charge in [-0.1, -0.05) is 0 Å². The van der Waals surface area contributed by atoms with Gasteiger partial charge in [-0.3, -0.25) is 4.79 Å². The Morgan fingerprint density at radius 3 is 2.73 bits per heavy atom. The first-order valence-electron chi connectivity index (χ1n) is 7.63. The van der Waals surface area contributed by atoms with Gasteiger partial charge in [0.25, 0.3) is 5.91 Å². The molecule has 0 unspecified atom stereocenters. The van der Waals surface area contributed by atoms with Gasteiger partial charge in [-0.2, -0.15) is 0 Å². The molecule has 1 N–H and O–H groups in total. The minimum absolute atomic E-state index is 0.369. The largest absolute Gasteiger partial charge is 0.497 e. The van der Waals surface area contributed by atoms with Crippen LogP contribution < -0.4 is 14.8 Å². The molecule has 0 aliphatic carbocycles. The predicted molar refractivity (Wildman–Crippen MR) is 98.1 cm³/mol. The molecule has 0 aliphatic heterocycles. The Morgan fingerprint density at radius 1 is 1.12 bits per heavy atom. The lowest BCUT2D eigenvalue weighted by Crippen LogP contribution is -2.21. The summed E-state index contributed by atoms with van der Waals surface area (Å²) in [7, 11) is 3.02. The van der Waals surface area contributed by atoms with Gasteiger partial charge in [0.05, 0.1) is 41.2 Å². The third kappa shape index (κ3) is 3.92. The summed E-state index contributed by atoms with van der Waals surface area (Å²) in [5.74, 6) is -0.0195. The molecule has 8 heteroatoms. The van der Waals surface area contributed by atoms with E-state index < -0.39 is 18.5 Å². The van der Waals surface area contributed by atoms with Gasteiger partial charge in [0.2, 0.25) is 0 Å². The molecule has 0 saturated carbocycles. The van der Waals surface area contributed by atoms with Crippen LogP contribution in [0.2, 0.25) is 0 Å². The molecule has 1 aromatic heterocycles. The van der Waals surface area contributed by atoms with Crippen LogP contribution in [0.15, 0.2) is 41.9 Å². The van der Waals surface area contributed by atoms with E-state index >= 15 is 0 Å². The lowest BCUT2D eigenvalue weighted by atomic mass is 10.2. The number of nitrogens with zero attached hydrogens (tertiary/aromatic N) is 1. The summed E-state index contributed by atoms with van der Waals surface area (Å²) in [5.41, 5.74) is 3.32. The molecular weight excluding hydrogens is 356 g/mol. The number of thiazole rings is 1. The van der Waals surface area contributed by atoms with Crippen molar-refractivity contribution in [3.05, 3.63) is 47.5 Å². The van der Waals surface area contributed by atoms with Crippen LogP contribution in [0, 0.1) is 0 Å². The second-order valence-corrected chi connectivity index (χ2v) is 6.11. The Morgan fingerprint density at radius 2 is 1.96 bits per heavy atom. The molecule has 3 rings (SSSR count). The molecule has 0 atom stereocenters. The second kappa shape index (κ2) is 7.83. The van der Waals surface area contributed by atoms with Crippen LogP contribution in [0.3, 0.4) is 0 Å². The van der Waals surface area contributed by atoms with Crippen LogP contribution in [0.25, 0.3) is 10.2 Å². The van der Waals surface area contributed by atoms with Gasteiger partial charge >= 0.3 is 5.97 Å². The van der Waals surface area contributed by atoms with Crippen LogP contribution in [-0.2, 0) is 9.53 Å². The smallest absolute Gasteiger partial charge is 0.338 e. The molecule has 26 heavy (non-hydrogen) atoms. The second-order valence-electron chi connectivity index (χ2n) is 5.23. The summed E-state index contributed by atoms with van der Waals surface area (Å²) in [6, 6.07) is 10.1. The predicted octanol–water partition coefficient (Wildman–Crippen LogP) is 3.11. The van der Waals surface area contributed by atoms with Crippen molar-refractivity contribution in [2.45, 2.75) is 0 Å². The zero-order valence-corrected chi connectivity index (χ0v) is 15.0. The monoisotopic (exact) mass is 372 g/mol. The number of hydrogen-bond donors (Lipinski definition) is 1. The van der Waals surface area contributed by atoms with Crippen molar-refractivity contribution in [1.82, 2.24) is 4.98 Å². The standard InChI is InChI=1S/C18H16N2O5S/c1-23-12-4-6-15(24-2)14(8-12)20-17(21)9-25-18(22)11-3-5-13-16(7-11)26-10-19-13/h3-8,10H,9H2,1-2H3,(H,20,21). The van der Waals surface area contributed by atoms with Gasteiger partial charge in [-0.05, 0) is 30.3 Å². The van der Waals surface area contributed by atoms with E-state index in [-0.39, 0.29) is 0 Å². The average Bonchev–Trinajstić information content (AvgIpc) is 3.13. The third-order valence-corrected chi connectivity index (χ3v) is 4.37. The van der Waals surface area contributed by atoms with Crippen molar-refractivity contribution >= 4 is 39.1 Å². The van der Waals surface area contributed by atoms with E-state index in [0.29, 0.717) is 22.7 Å². The lowest BCUT2D eigenvalue weighted by Gasteiger charge is -2.12. The van der Waals surface area contributed by atoms with Gasteiger partial charge in [0.1, 0.15) is 11.5 Å². The summed E-state index contributed by atoms with van der Waals surface area (Å²) >= 11 is 1.43. The number of esters is 1. The van der Waals surface area contributed by atoms with Crippen LogP contribution in [-0.4, -0.2) is 37.7 Å². The first-order chi connectivity index (χ1) is 12.6. The number of benzene rings is 2. The maximum Gasteiger partial charge on any atom is 0.338 e. The van der Waals surface area contributed by atoms with E-state index in [4.69, 9.17) is 14.2 Å². The topological polar surface area (TPSA) is 86.8 Å². The summed E-state index contributed by atoms with van der Waals surface area (Å²) in [5, 5.41) is 2.64. The normalized spacial score (nSPS) is 10.4. The number of nitrogens with one attached hydrogen (secondary N) is 1. The fraction of sp³-hybridized carbons (Fsp3) is 0.167. The maximum atomic E-state index is 12.1. The molecule has 0 saturated heterocycles. The van der Waals surface area contributed by atoms with Gasteiger partial charge in [0.15, 0.2) is 6.61 Å². The number of methoxy groups -OCH3 is 2. The molecule has 0 aliphatic rings.